The lowest BCUT2D eigenvalue weighted by atomic mass is 9.98. The molecule has 5 rings (SSSR count). The number of anilines is 1. The van der Waals surface area contributed by atoms with Gasteiger partial charge in [0, 0.05) is 38.1 Å². The molecule has 39 heavy (non-hydrogen) atoms. The van der Waals surface area contributed by atoms with Crippen molar-refractivity contribution in [2.45, 2.75) is 26.1 Å². The predicted molar refractivity (Wildman–Crippen MR) is 145 cm³/mol. The monoisotopic (exact) mass is 519 g/mol. The number of rotatable bonds is 7. The molecule has 0 bridgehead atoms. The SMILES string of the molecule is N#Cc1ccc(CN2CCc3ccc(NC(=O)c4ccc(C(=O)NCc5ccc(F)cc5)cn4)cc3C2)cc1. The van der Waals surface area contributed by atoms with Gasteiger partial charge in [0.1, 0.15) is 11.5 Å². The lowest BCUT2D eigenvalue weighted by Gasteiger charge is -2.29. The Kier molecular flexibility index (Phi) is 7.71. The number of nitrogens with zero attached hydrogens (tertiary/aromatic N) is 3. The van der Waals surface area contributed by atoms with E-state index in [4.69, 9.17) is 5.26 Å². The summed E-state index contributed by atoms with van der Waals surface area (Å²) in [6.45, 7) is 2.74. The number of halogens is 1. The number of benzene rings is 3. The van der Waals surface area contributed by atoms with Gasteiger partial charge in [-0.1, -0.05) is 30.3 Å². The van der Waals surface area contributed by atoms with Crippen molar-refractivity contribution in [1.82, 2.24) is 15.2 Å². The molecule has 8 heteroatoms. The van der Waals surface area contributed by atoms with Crippen molar-refractivity contribution >= 4 is 17.5 Å². The number of aromatic nitrogens is 1. The van der Waals surface area contributed by atoms with E-state index in [2.05, 4.69) is 26.6 Å². The minimum atomic E-state index is -0.363. The second kappa shape index (κ2) is 11.7. The molecule has 194 valence electrons. The first kappa shape index (κ1) is 25.8. The maximum absolute atomic E-state index is 13.0. The minimum Gasteiger partial charge on any atom is -0.348 e. The maximum Gasteiger partial charge on any atom is 0.274 e. The molecular formula is C31H26FN5O2. The normalized spacial score (nSPS) is 12.7. The van der Waals surface area contributed by atoms with Crippen LogP contribution in [0.3, 0.4) is 0 Å². The standard InChI is InChI=1S/C31H26FN5O2/c32-27-9-5-22(6-10-27)17-35-30(38)25-8-12-29(34-18-25)31(39)36-28-11-7-24-13-14-37(20-26(24)15-28)19-23-3-1-21(16-33)2-4-23/h1-12,15,18H,13-14,17,19-20H2,(H,35,38)(H,36,39). The van der Waals surface area contributed by atoms with Crippen molar-refractivity contribution in [3.05, 3.63) is 130 Å². The molecule has 0 spiro atoms. The number of hydrogen-bond acceptors (Lipinski definition) is 5. The maximum atomic E-state index is 13.0. The quantitative estimate of drug-likeness (QED) is 0.364. The van der Waals surface area contributed by atoms with E-state index < -0.39 is 0 Å². The number of carbonyl (C=O) groups excluding carboxylic acids is 2. The third-order valence-electron chi connectivity index (χ3n) is 6.67. The summed E-state index contributed by atoms with van der Waals surface area (Å²) >= 11 is 0. The molecule has 3 aromatic carbocycles. The highest BCUT2D eigenvalue weighted by Crippen LogP contribution is 2.24. The van der Waals surface area contributed by atoms with Crippen LogP contribution in [0.2, 0.25) is 0 Å². The third-order valence-corrected chi connectivity index (χ3v) is 6.67. The Labute approximate surface area is 225 Å². The number of amides is 2. The van der Waals surface area contributed by atoms with Gasteiger partial charge in [0.15, 0.2) is 0 Å². The van der Waals surface area contributed by atoms with Crippen molar-refractivity contribution in [2.75, 3.05) is 11.9 Å². The number of nitrogens with one attached hydrogen (secondary N) is 2. The molecule has 4 aromatic rings. The second-order valence-corrected chi connectivity index (χ2v) is 9.45. The van der Waals surface area contributed by atoms with Crippen LogP contribution in [0.25, 0.3) is 0 Å². The van der Waals surface area contributed by atoms with Gasteiger partial charge in [-0.05, 0) is 77.2 Å². The molecule has 0 fully saturated rings. The third kappa shape index (κ3) is 6.53. The highest BCUT2D eigenvalue weighted by Gasteiger charge is 2.18. The average Bonchev–Trinajstić information content (AvgIpc) is 2.97. The van der Waals surface area contributed by atoms with Crippen LogP contribution in [0.5, 0.6) is 0 Å². The summed E-state index contributed by atoms with van der Waals surface area (Å²) in [5.41, 5.74) is 6.21. The van der Waals surface area contributed by atoms with Crippen LogP contribution < -0.4 is 10.6 Å². The van der Waals surface area contributed by atoms with Gasteiger partial charge in [-0.15, -0.1) is 0 Å². The summed E-state index contributed by atoms with van der Waals surface area (Å²) in [5, 5.41) is 14.7. The van der Waals surface area contributed by atoms with E-state index in [1.807, 2.05) is 42.5 Å². The van der Waals surface area contributed by atoms with E-state index >= 15 is 0 Å². The van der Waals surface area contributed by atoms with Crippen LogP contribution in [0, 0.1) is 17.1 Å². The molecule has 1 aliphatic rings. The lowest BCUT2D eigenvalue weighted by molar-refractivity contribution is 0.0948. The van der Waals surface area contributed by atoms with Gasteiger partial charge in [-0.2, -0.15) is 5.26 Å². The molecule has 0 atom stereocenters. The van der Waals surface area contributed by atoms with Crippen molar-refractivity contribution in [3.63, 3.8) is 0 Å². The van der Waals surface area contributed by atoms with E-state index in [1.165, 1.54) is 30.0 Å². The van der Waals surface area contributed by atoms with Crippen molar-refractivity contribution in [3.8, 4) is 6.07 Å². The number of hydrogen-bond donors (Lipinski definition) is 2. The Balaban J connectivity index is 1.17. The van der Waals surface area contributed by atoms with Gasteiger partial charge >= 0.3 is 0 Å². The summed E-state index contributed by atoms with van der Waals surface area (Å²) in [7, 11) is 0. The van der Waals surface area contributed by atoms with Gasteiger partial charge in [0.25, 0.3) is 11.8 Å². The van der Waals surface area contributed by atoms with E-state index in [9.17, 15) is 14.0 Å². The molecule has 0 unspecified atom stereocenters. The van der Waals surface area contributed by atoms with E-state index in [0.29, 0.717) is 16.8 Å². The fraction of sp³-hybridized carbons (Fsp3) is 0.161. The zero-order valence-corrected chi connectivity index (χ0v) is 21.2. The predicted octanol–water partition coefficient (Wildman–Crippen LogP) is 4.83. The highest BCUT2D eigenvalue weighted by molar-refractivity contribution is 6.03. The fourth-order valence-corrected chi connectivity index (χ4v) is 4.52. The number of nitriles is 1. The molecular weight excluding hydrogens is 493 g/mol. The molecule has 2 heterocycles. The molecule has 2 amide bonds. The van der Waals surface area contributed by atoms with Crippen molar-refractivity contribution < 1.29 is 14.0 Å². The Morgan fingerprint density at radius 3 is 2.41 bits per heavy atom. The molecule has 0 saturated carbocycles. The highest BCUT2D eigenvalue weighted by atomic mass is 19.1. The van der Waals surface area contributed by atoms with Gasteiger partial charge in [-0.25, -0.2) is 4.39 Å². The van der Waals surface area contributed by atoms with Crippen molar-refractivity contribution in [1.29, 1.82) is 5.26 Å². The molecule has 7 nitrogen and oxygen atoms in total. The zero-order valence-electron chi connectivity index (χ0n) is 21.2. The molecule has 1 aliphatic heterocycles. The minimum absolute atomic E-state index is 0.199. The van der Waals surface area contributed by atoms with Gasteiger partial charge in [0.05, 0.1) is 17.2 Å². The number of pyridine rings is 1. The summed E-state index contributed by atoms with van der Waals surface area (Å²) < 4.78 is 13.0. The Morgan fingerprint density at radius 2 is 1.69 bits per heavy atom. The van der Waals surface area contributed by atoms with Crippen LogP contribution in [-0.2, 0) is 26.1 Å². The molecule has 0 aliphatic carbocycles. The summed E-state index contributed by atoms with van der Waals surface area (Å²) in [4.78, 5) is 31.8. The first-order valence-corrected chi connectivity index (χ1v) is 12.6. The number of carbonyl (C=O) groups is 2. The summed E-state index contributed by atoms with van der Waals surface area (Å²) in [6, 6.07) is 24.7. The van der Waals surface area contributed by atoms with E-state index in [-0.39, 0.29) is 29.9 Å². The van der Waals surface area contributed by atoms with Crippen LogP contribution >= 0.6 is 0 Å². The molecule has 0 radical (unpaired) electrons. The second-order valence-electron chi connectivity index (χ2n) is 9.45. The fourth-order valence-electron chi connectivity index (χ4n) is 4.52. The summed E-state index contributed by atoms with van der Waals surface area (Å²) in [5.74, 6) is -1.03. The Bertz CT molecular complexity index is 1530. The van der Waals surface area contributed by atoms with Gasteiger partial charge in [0.2, 0.25) is 0 Å². The molecule has 0 saturated heterocycles. The van der Waals surface area contributed by atoms with Crippen LogP contribution in [0.15, 0.2) is 85.1 Å². The van der Waals surface area contributed by atoms with E-state index in [1.54, 1.807) is 18.2 Å². The zero-order chi connectivity index (χ0) is 27.2. The Morgan fingerprint density at radius 1 is 0.923 bits per heavy atom. The average molecular weight is 520 g/mol. The summed E-state index contributed by atoms with van der Waals surface area (Å²) in [6.07, 6.45) is 2.29. The Hall–Kier alpha value is -4.87. The van der Waals surface area contributed by atoms with Crippen LogP contribution in [0.4, 0.5) is 10.1 Å². The molecule has 2 N–H and O–H groups in total. The molecule has 1 aromatic heterocycles. The van der Waals surface area contributed by atoms with Crippen LogP contribution in [0.1, 0.15) is 48.7 Å². The smallest absolute Gasteiger partial charge is 0.274 e. The lowest BCUT2D eigenvalue weighted by Crippen LogP contribution is -2.30. The van der Waals surface area contributed by atoms with Gasteiger partial charge in [-0.3, -0.25) is 19.5 Å². The first-order valence-electron chi connectivity index (χ1n) is 12.6. The topological polar surface area (TPSA) is 98.1 Å². The number of fused-ring (bicyclic) bond motifs is 1. The van der Waals surface area contributed by atoms with Gasteiger partial charge < -0.3 is 10.6 Å². The van der Waals surface area contributed by atoms with Crippen LogP contribution in [-0.4, -0.2) is 28.2 Å². The largest absolute Gasteiger partial charge is 0.348 e. The van der Waals surface area contributed by atoms with Crippen molar-refractivity contribution in [2.24, 2.45) is 0 Å². The first-order chi connectivity index (χ1) is 19.0. The van der Waals surface area contributed by atoms with E-state index in [0.717, 1.165) is 42.7 Å².